The van der Waals surface area contributed by atoms with Crippen molar-refractivity contribution in [1.82, 2.24) is 0 Å². The van der Waals surface area contributed by atoms with Crippen molar-refractivity contribution < 1.29 is 23.8 Å². The number of ether oxygens (including phenoxy) is 1. The van der Waals surface area contributed by atoms with E-state index in [1.54, 1.807) is 0 Å². The van der Waals surface area contributed by atoms with E-state index in [0.717, 1.165) is 34.4 Å². The Balaban J connectivity index is 1.53. The first-order valence-corrected chi connectivity index (χ1v) is 9.18. The summed E-state index contributed by atoms with van der Waals surface area (Å²) < 4.78 is 19.1. The van der Waals surface area contributed by atoms with Crippen molar-refractivity contribution in [2.24, 2.45) is 0 Å². The summed E-state index contributed by atoms with van der Waals surface area (Å²) in [6.07, 6.45) is -0.879. The number of carbonyl (C=O) groups is 2. The number of hydrogen-bond acceptors (Lipinski definition) is 3. The Morgan fingerprint density at radius 3 is 2.21 bits per heavy atom. The van der Waals surface area contributed by atoms with Crippen LogP contribution in [0.5, 0.6) is 0 Å². The standard InChI is InChI=1S/C22H15ClFNO4/c23-18-9-16(21(26)27)20(10-19(18)24)25-22(28)29-11-17-14-7-3-1-5-12(14)13-6-2-4-8-15(13)17/h1-10,17H,11H2,(H,25,28)(H,26,27). The van der Waals surface area contributed by atoms with Gasteiger partial charge in [-0.05, 0) is 34.4 Å². The van der Waals surface area contributed by atoms with Crippen LogP contribution in [0.3, 0.4) is 0 Å². The Kier molecular flexibility index (Phi) is 4.94. The molecule has 29 heavy (non-hydrogen) atoms. The third-order valence-electron chi connectivity index (χ3n) is 4.87. The molecule has 3 aromatic carbocycles. The highest BCUT2D eigenvalue weighted by atomic mass is 35.5. The predicted molar refractivity (Wildman–Crippen MR) is 107 cm³/mol. The molecule has 146 valence electrons. The molecule has 2 N–H and O–H groups in total. The molecule has 5 nitrogen and oxygen atoms in total. The van der Waals surface area contributed by atoms with Gasteiger partial charge in [0.2, 0.25) is 0 Å². The van der Waals surface area contributed by atoms with Gasteiger partial charge in [0.25, 0.3) is 0 Å². The SMILES string of the molecule is O=C(Nc1cc(F)c(Cl)cc1C(=O)O)OCC1c2ccccc2-c2ccccc21. The maximum atomic E-state index is 13.7. The van der Waals surface area contributed by atoms with Gasteiger partial charge < -0.3 is 9.84 Å². The van der Waals surface area contributed by atoms with E-state index in [-0.39, 0.29) is 28.8 Å². The van der Waals surface area contributed by atoms with E-state index in [2.05, 4.69) is 5.32 Å². The lowest BCUT2D eigenvalue weighted by Gasteiger charge is -2.15. The molecule has 0 atom stereocenters. The Bertz CT molecular complexity index is 1090. The lowest BCUT2D eigenvalue weighted by Crippen LogP contribution is -2.19. The van der Waals surface area contributed by atoms with E-state index >= 15 is 0 Å². The maximum absolute atomic E-state index is 13.7. The summed E-state index contributed by atoms with van der Waals surface area (Å²) in [5.74, 6) is -2.33. The Morgan fingerprint density at radius 1 is 1.03 bits per heavy atom. The van der Waals surface area contributed by atoms with Crippen LogP contribution in [0.25, 0.3) is 11.1 Å². The van der Waals surface area contributed by atoms with Crippen molar-refractivity contribution in [1.29, 1.82) is 0 Å². The molecule has 0 radical (unpaired) electrons. The molecule has 1 amide bonds. The van der Waals surface area contributed by atoms with Crippen molar-refractivity contribution >= 4 is 29.4 Å². The third-order valence-corrected chi connectivity index (χ3v) is 5.16. The van der Waals surface area contributed by atoms with Gasteiger partial charge in [0.15, 0.2) is 0 Å². The van der Waals surface area contributed by atoms with E-state index in [9.17, 15) is 19.1 Å². The summed E-state index contributed by atoms with van der Waals surface area (Å²) in [6, 6.07) is 17.6. The number of carboxylic acid groups (broad SMARTS) is 1. The minimum absolute atomic E-state index is 0.0539. The van der Waals surface area contributed by atoms with Gasteiger partial charge in [-0.2, -0.15) is 0 Å². The number of amides is 1. The molecule has 1 aliphatic carbocycles. The molecular weight excluding hydrogens is 397 g/mol. The maximum Gasteiger partial charge on any atom is 0.411 e. The molecule has 0 saturated heterocycles. The van der Waals surface area contributed by atoms with Crippen molar-refractivity contribution in [3.8, 4) is 11.1 Å². The molecule has 4 rings (SSSR count). The summed E-state index contributed by atoms with van der Waals surface area (Å²) in [5, 5.41) is 11.2. The van der Waals surface area contributed by atoms with Crippen molar-refractivity contribution in [2.45, 2.75) is 5.92 Å². The number of nitrogens with one attached hydrogen (secondary N) is 1. The smallest absolute Gasteiger partial charge is 0.411 e. The van der Waals surface area contributed by atoms with Crippen LogP contribution in [-0.4, -0.2) is 23.8 Å². The number of carboxylic acids is 1. The van der Waals surface area contributed by atoms with Gasteiger partial charge in [-0.3, -0.25) is 5.32 Å². The van der Waals surface area contributed by atoms with Crippen LogP contribution < -0.4 is 5.32 Å². The normalized spacial score (nSPS) is 12.2. The molecule has 0 bridgehead atoms. The largest absolute Gasteiger partial charge is 0.478 e. The van der Waals surface area contributed by atoms with E-state index in [1.165, 1.54) is 0 Å². The lowest BCUT2D eigenvalue weighted by molar-refractivity contribution is 0.0698. The van der Waals surface area contributed by atoms with Crippen LogP contribution in [0.15, 0.2) is 60.7 Å². The topological polar surface area (TPSA) is 75.6 Å². The molecule has 1 aliphatic rings. The summed E-state index contributed by atoms with van der Waals surface area (Å²) >= 11 is 5.63. The van der Waals surface area contributed by atoms with Gasteiger partial charge in [-0.25, -0.2) is 14.0 Å². The Labute approximate surface area is 170 Å². The molecule has 0 aliphatic heterocycles. The molecular formula is C22H15ClFNO4. The average molecular weight is 412 g/mol. The number of hydrogen-bond donors (Lipinski definition) is 2. The van der Waals surface area contributed by atoms with Crippen LogP contribution in [0.4, 0.5) is 14.9 Å². The summed E-state index contributed by atoms with van der Waals surface area (Å²) in [7, 11) is 0. The van der Waals surface area contributed by atoms with Gasteiger partial charge in [-0.1, -0.05) is 60.1 Å². The fraction of sp³-hybridized carbons (Fsp3) is 0.0909. The zero-order valence-corrected chi connectivity index (χ0v) is 15.7. The minimum Gasteiger partial charge on any atom is -0.478 e. The van der Waals surface area contributed by atoms with E-state index in [1.807, 2.05) is 48.5 Å². The number of aromatic carboxylic acids is 1. The van der Waals surface area contributed by atoms with Crippen molar-refractivity contribution in [3.05, 3.63) is 88.2 Å². The number of anilines is 1. The minimum atomic E-state index is -1.35. The molecule has 0 unspecified atom stereocenters. The first kappa shape index (κ1) is 19.0. The Hall–Kier alpha value is -3.38. The molecule has 0 saturated carbocycles. The highest BCUT2D eigenvalue weighted by Crippen LogP contribution is 2.44. The van der Waals surface area contributed by atoms with Crippen LogP contribution >= 0.6 is 11.6 Å². The number of carbonyl (C=O) groups excluding carboxylic acids is 1. The number of benzene rings is 3. The van der Waals surface area contributed by atoms with Crippen LogP contribution in [0.1, 0.15) is 27.4 Å². The zero-order valence-electron chi connectivity index (χ0n) is 15.0. The molecule has 3 aromatic rings. The second kappa shape index (κ2) is 7.56. The molecule has 0 aromatic heterocycles. The molecule has 0 heterocycles. The van der Waals surface area contributed by atoms with Gasteiger partial charge in [0.05, 0.1) is 16.3 Å². The zero-order chi connectivity index (χ0) is 20.5. The second-order valence-corrected chi connectivity index (χ2v) is 6.97. The second-order valence-electron chi connectivity index (χ2n) is 6.57. The van der Waals surface area contributed by atoms with Crippen LogP contribution in [0.2, 0.25) is 5.02 Å². The highest BCUT2D eigenvalue weighted by Gasteiger charge is 2.29. The number of halogens is 2. The van der Waals surface area contributed by atoms with Gasteiger partial charge in [0.1, 0.15) is 12.4 Å². The van der Waals surface area contributed by atoms with Crippen molar-refractivity contribution in [3.63, 3.8) is 0 Å². The summed E-state index contributed by atoms with van der Waals surface area (Å²) in [5.41, 5.74) is 3.71. The number of rotatable bonds is 4. The number of fused-ring (bicyclic) bond motifs is 3. The summed E-state index contributed by atoms with van der Waals surface area (Å²) in [4.78, 5) is 23.6. The van der Waals surface area contributed by atoms with E-state index < -0.39 is 17.9 Å². The monoisotopic (exact) mass is 411 g/mol. The average Bonchev–Trinajstić information content (AvgIpc) is 3.03. The van der Waals surface area contributed by atoms with Crippen LogP contribution in [-0.2, 0) is 4.74 Å². The van der Waals surface area contributed by atoms with Gasteiger partial charge >= 0.3 is 12.1 Å². The highest BCUT2D eigenvalue weighted by molar-refractivity contribution is 6.31. The third kappa shape index (κ3) is 3.54. The Morgan fingerprint density at radius 2 is 1.62 bits per heavy atom. The van der Waals surface area contributed by atoms with E-state index in [4.69, 9.17) is 16.3 Å². The fourth-order valence-corrected chi connectivity index (χ4v) is 3.74. The first-order valence-electron chi connectivity index (χ1n) is 8.80. The summed E-state index contributed by atoms with van der Waals surface area (Å²) in [6.45, 7) is 0.0539. The predicted octanol–water partition coefficient (Wildman–Crippen LogP) is 5.54. The fourth-order valence-electron chi connectivity index (χ4n) is 3.57. The molecule has 0 spiro atoms. The van der Waals surface area contributed by atoms with Gasteiger partial charge in [0, 0.05) is 5.92 Å². The van der Waals surface area contributed by atoms with E-state index in [0.29, 0.717) is 0 Å². The first-order chi connectivity index (χ1) is 14.0. The molecule has 0 fully saturated rings. The lowest BCUT2D eigenvalue weighted by atomic mass is 9.98. The quantitative estimate of drug-likeness (QED) is 0.591. The molecule has 7 heteroatoms. The van der Waals surface area contributed by atoms with Crippen LogP contribution in [0, 0.1) is 5.82 Å². The van der Waals surface area contributed by atoms with Gasteiger partial charge in [-0.15, -0.1) is 0 Å². The van der Waals surface area contributed by atoms with Crippen molar-refractivity contribution in [2.75, 3.05) is 11.9 Å².